The van der Waals surface area contributed by atoms with Crippen molar-refractivity contribution >= 4 is 0 Å². The molecule has 0 fully saturated rings. The van der Waals surface area contributed by atoms with Gasteiger partial charge in [-0.05, 0) is 32.6 Å². The van der Waals surface area contributed by atoms with Crippen molar-refractivity contribution in [3.63, 3.8) is 0 Å². The molecule has 1 aromatic heterocycles. The van der Waals surface area contributed by atoms with Crippen molar-refractivity contribution in [2.45, 2.75) is 44.7 Å². The monoisotopic (exact) mass is 237 g/mol. The van der Waals surface area contributed by atoms with Gasteiger partial charge >= 0.3 is 0 Å². The number of aromatic nitrogens is 2. The van der Waals surface area contributed by atoms with Gasteiger partial charge < -0.3 is 10.1 Å². The molecule has 0 saturated carbocycles. The molecule has 0 saturated heterocycles. The number of aryl methyl sites for hydroxylation is 1. The Hall–Kier alpha value is -0.870. The highest BCUT2D eigenvalue weighted by atomic mass is 16.5. The number of nitrogens with one attached hydrogen (secondary N) is 1. The predicted octanol–water partition coefficient (Wildman–Crippen LogP) is 1.81. The van der Waals surface area contributed by atoms with Crippen LogP contribution >= 0.6 is 0 Å². The molecule has 0 aliphatic heterocycles. The lowest BCUT2D eigenvalue weighted by atomic mass is 9.92. The van der Waals surface area contributed by atoms with Crippen molar-refractivity contribution in [2.75, 3.05) is 13.7 Å². The van der Waals surface area contributed by atoms with Gasteiger partial charge in [-0.3, -0.25) is 4.68 Å². The van der Waals surface area contributed by atoms with E-state index in [0.717, 1.165) is 19.4 Å². The Balaban J connectivity index is 1.98. The zero-order valence-corrected chi connectivity index (χ0v) is 11.1. The van der Waals surface area contributed by atoms with Crippen LogP contribution in [0.2, 0.25) is 0 Å². The van der Waals surface area contributed by atoms with Crippen LogP contribution in [-0.2, 0) is 18.2 Å². The van der Waals surface area contributed by atoms with Gasteiger partial charge in [-0.25, -0.2) is 0 Å². The first-order valence-electron chi connectivity index (χ1n) is 6.48. The minimum Gasteiger partial charge on any atom is -0.385 e. The predicted molar refractivity (Wildman–Crippen MR) is 68.0 cm³/mol. The molecule has 96 valence electrons. The number of fused-ring (bicyclic) bond motifs is 1. The highest BCUT2D eigenvalue weighted by molar-refractivity contribution is 5.24. The molecule has 2 unspecified atom stereocenters. The first kappa shape index (κ1) is 12.6. The standard InChI is InChI=1S/C13H23N3O/c1-10(7-8-17-3)15-12-5-4-6-13-11(12)9-14-16(13)2/h9-10,12,15H,4-8H2,1-3H3. The fourth-order valence-corrected chi connectivity index (χ4v) is 2.60. The Morgan fingerprint density at radius 1 is 1.65 bits per heavy atom. The lowest BCUT2D eigenvalue weighted by Gasteiger charge is -2.27. The van der Waals surface area contributed by atoms with E-state index in [9.17, 15) is 0 Å². The second-order valence-electron chi connectivity index (χ2n) is 4.96. The summed E-state index contributed by atoms with van der Waals surface area (Å²) in [4.78, 5) is 0. The van der Waals surface area contributed by atoms with E-state index >= 15 is 0 Å². The first-order chi connectivity index (χ1) is 8.22. The highest BCUT2D eigenvalue weighted by Gasteiger charge is 2.24. The Kier molecular flexibility index (Phi) is 4.18. The number of ether oxygens (including phenoxy) is 1. The zero-order valence-electron chi connectivity index (χ0n) is 11.1. The summed E-state index contributed by atoms with van der Waals surface area (Å²) in [6, 6.07) is 0.963. The average Bonchev–Trinajstić information content (AvgIpc) is 2.70. The van der Waals surface area contributed by atoms with Gasteiger partial charge in [-0.2, -0.15) is 5.10 Å². The molecule has 0 aromatic carbocycles. The largest absolute Gasteiger partial charge is 0.385 e. The number of hydrogen-bond acceptors (Lipinski definition) is 3. The molecular formula is C13H23N3O. The number of nitrogens with zero attached hydrogens (tertiary/aromatic N) is 2. The Morgan fingerprint density at radius 2 is 2.47 bits per heavy atom. The Bertz CT molecular complexity index is 362. The molecule has 1 heterocycles. The molecule has 0 radical (unpaired) electrons. The summed E-state index contributed by atoms with van der Waals surface area (Å²) in [5.74, 6) is 0. The normalized spacial score (nSPS) is 21.2. The van der Waals surface area contributed by atoms with Crippen LogP contribution in [0.5, 0.6) is 0 Å². The van der Waals surface area contributed by atoms with Gasteiger partial charge in [0.05, 0.1) is 6.20 Å². The van der Waals surface area contributed by atoms with Crippen molar-refractivity contribution < 1.29 is 4.74 Å². The molecular weight excluding hydrogens is 214 g/mol. The van der Waals surface area contributed by atoms with Crippen LogP contribution in [0.3, 0.4) is 0 Å². The smallest absolute Gasteiger partial charge is 0.0540 e. The number of rotatable bonds is 5. The second-order valence-corrected chi connectivity index (χ2v) is 4.96. The Labute approximate surface area is 103 Å². The fraction of sp³-hybridized carbons (Fsp3) is 0.769. The van der Waals surface area contributed by atoms with Crippen molar-refractivity contribution in [2.24, 2.45) is 7.05 Å². The van der Waals surface area contributed by atoms with E-state index in [2.05, 4.69) is 17.3 Å². The van der Waals surface area contributed by atoms with E-state index in [0.29, 0.717) is 12.1 Å². The maximum atomic E-state index is 5.12. The summed E-state index contributed by atoms with van der Waals surface area (Å²) >= 11 is 0. The highest BCUT2D eigenvalue weighted by Crippen LogP contribution is 2.29. The summed E-state index contributed by atoms with van der Waals surface area (Å²) in [5, 5.41) is 8.06. The van der Waals surface area contributed by atoms with Crippen molar-refractivity contribution in [1.29, 1.82) is 0 Å². The van der Waals surface area contributed by atoms with Crippen LogP contribution in [0.25, 0.3) is 0 Å². The minimum absolute atomic E-state index is 0.472. The van der Waals surface area contributed by atoms with Crippen LogP contribution in [0.4, 0.5) is 0 Å². The van der Waals surface area contributed by atoms with Crippen molar-refractivity contribution in [3.8, 4) is 0 Å². The molecule has 4 heteroatoms. The molecule has 4 nitrogen and oxygen atoms in total. The van der Waals surface area contributed by atoms with E-state index in [1.165, 1.54) is 24.1 Å². The number of methoxy groups -OCH3 is 1. The van der Waals surface area contributed by atoms with E-state index in [1.54, 1.807) is 7.11 Å². The van der Waals surface area contributed by atoms with Crippen molar-refractivity contribution in [3.05, 3.63) is 17.5 Å². The molecule has 2 rings (SSSR count). The van der Waals surface area contributed by atoms with Crippen LogP contribution in [0.15, 0.2) is 6.20 Å². The lowest BCUT2D eigenvalue weighted by Crippen LogP contribution is -2.33. The molecule has 17 heavy (non-hydrogen) atoms. The minimum atomic E-state index is 0.472. The van der Waals surface area contributed by atoms with Gasteiger partial charge in [-0.1, -0.05) is 0 Å². The fourth-order valence-electron chi connectivity index (χ4n) is 2.60. The Morgan fingerprint density at radius 3 is 3.24 bits per heavy atom. The van der Waals surface area contributed by atoms with Gasteiger partial charge in [0.15, 0.2) is 0 Å². The third-order valence-corrected chi connectivity index (χ3v) is 3.62. The molecule has 0 amide bonds. The van der Waals surface area contributed by atoms with Gasteiger partial charge in [0.2, 0.25) is 0 Å². The molecule has 1 aliphatic rings. The third kappa shape index (κ3) is 2.87. The second kappa shape index (κ2) is 5.65. The zero-order chi connectivity index (χ0) is 12.3. The van der Waals surface area contributed by atoms with E-state index in [1.807, 2.05) is 17.9 Å². The lowest BCUT2D eigenvalue weighted by molar-refractivity contribution is 0.181. The number of hydrogen-bond donors (Lipinski definition) is 1. The van der Waals surface area contributed by atoms with Crippen LogP contribution in [-0.4, -0.2) is 29.5 Å². The molecule has 1 N–H and O–H groups in total. The summed E-state index contributed by atoms with van der Waals surface area (Å²) in [7, 11) is 3.79. The molecule has 1 aromatic rings. The molecule has 2 atom stereocenters. The van der Waals surface area contributed by atoms with Gasteiger partial charge in [0.1, 0.15) is 0 Å². The third-order valence-electron chi connectivity index (χ3n) is 3.62. The average molecular weight is 237 g/mol. The summed E-state index contributed by atoms with van der Waals surface area (Å²) in [5.41, 5.74) is 2.79. The topological polar surface area (TPSA) is 39.1 Å². The molecule has 0 bridgehead atoms. The summed E-state index contributed by atoms with van der Waals surface area (Å²) < 4.78 is 7.14. The SMILES string of the molecule is COCCC(C)NC1CCCc2c1cnn2C. The summed E-state index contributed by atoms with van der Waals surface area (Å²) in [6.45, 7) is 3.05. The summed E-state index contributed by atoms with van der Waals surface area (Å²) in [6.07, 6.45) is 6.71. The molecule has 0 spiro atoms. The van der Waals surface area contributed by atoms with E-state index < -0.39 is 0 Å². The van der Waals surface area contributed by atoms with Crippen LogP contribution in [0.1, 0.15) is 43.5 Å². The molecule has 1 aliphatic carbocycles. The van der Waals surface area contributed by atoms with E-state index in [-0.39, 0.29) is 0 Å². The van der Waals surface area contributed by atoms with Crippen LogP contribution in [0, 0.1) is 0 Å². The maximum absolute atomic E-state index is 5.12. The maximum Gasteiger partial charge on any atom is 0.0540 e. The van der Waals surface area contributed by atoms with Gasteiger partial charge in [0, 0.05) is 44.1 Å². The van der Waals surface area contributed by atoms with Gasteiger partial charge in [0.25, 0.3) is 0 Å². The van der Waals surface area contributed by atoms with Crippen molar-refractivity contribution in [1.82, 2.24) is 15.1 Å². The van der Waals surface area contributed by atoms with Crippen LogP contribution < -0.4 is 5.32 Å². The van der Waals surface area contributed by atoms with E-state index in [4.69, 9.17) is 4.74 Å². The first-order valence-corrected chi connectivity index (χ1v) is 6.48. The quantitative estimate of drug-likeness (QED) is 0.849. The van der Waals surface area contributed by atoms with Gasteiger partial charge in [-0.15, -0.1) is 0 Å².